The summed E-state index contributed by atoms with van der Waals surface area (Å²) < 4.78 is 0. The first-order chi connectivity index (χ1) is 10.8. The number of hydrogen-bond acceptors (Lipinski definition) is 1. The normalized spacial score (nSPS) is 21.1. The molecule has 0 aliphatic heterocycles. The van der Waals surface area contributed by atoms with Crippen molar-refractivity contribution in [2.75, 3.05) is 0 Å². The van der Waals surface area contributed by atoms with E-state index >= 15 is 0 Å². The molecule has 1 nitrogen and oxygen atoms in total. The average molecular weight is 291 g/mol. The Labute approximate surface area is 135 Å². The fraction of sp³-hybridized carbons (Fsp3) is 0.476. The molecular formula is C21H25N. The van der Waals surface area contributed by atoms with Gasteiger partial charge in [0.25, 0.3) is 0 Å². The molecule has 0 radical (unpaired) electrons. The summed E-state index contributed by atoms with van der Waals surface area (Å²) in [5, 5.41) is 8.76. The Kier molecular flexibility index (Phi) is 6.79. The van der Waals surface area contributed by atoms with E-state index in [4.69, 9.17) is 5.26 Å². The van der Waals surface area contributed by atoms with E-state index in [9.17, 15) is 0 Å². The van der Waals surface area contributed by atoms with E-state index in [2.05, 4.69) is 30.9 Å². The molecule has 0 bridgehead atoms. The van der Waals surface area contributed by atoms with Crippen LogP contribution in [-0.2, 0) is 0 Å². The lowest BCUT2D eigenvalue weighted by molar-refractivity contribution is 0.291. The predicted octanol–water partition coefficient (Wildman–Crippen LogP) is 5.46. The monoisotopic (exact) mass is 291 g/mol. The number of hydrogen-bond donors (Lipinski definition) is 0. The topological polar surface area (TPSA) is 23.8 Å². The van der Waals surface area contributed by atoms with Crippen molar-refractivity contribution in [2.24, 2.45) is 11.8 Å². The molecule has 0 heterocycles. The van der Waals surface area contributed by atoms with Gasteiger partial charge in [0.2, 0.25) is 0 Å². The van der Waals surface area contributed by atoms with Crippen LogP contribution in [0.5, 0.6) is 0 Å². The molecule has 0 amide bonds. The van der Waals surface area contributed by atoms with E-state index < -0.39 is 0 Å². The number of benzene rings is 1. The van der Waals surface area contributed by atoms with Crippen molar-refractivity contribution in [1.82, 2.24) is 0 Å². The summed E-state index contributed by atoms with van der Waals surface area (Å²) >= 11 is 0. The van der Waals surface area contributed by atoms with Crippen molar-refractivity contribution >= 4 is 0 Å². The van der Waals surface area contributed by atoms with Gasteiger partial charge in [-0.15, -0.1) is 0 Å². The van der Waals surface area contributed by atoms with Gasteiger partial charge in [-0.2, -0.15) is 5.26 Å². The third-order valence-corrected chi connectivity index (χ3v) is 4.54. The molecular weight excluding hydrogens is 266 g/mol. The van der Waals surface area contributed by atoms with Crippen molar-refractivity contribution < 1.29 is 0 Å². The highest BCUT2D eigenvalue weighted by Crippen LogP contribution is 2.32. The minimum Gasteiger partial charge on any atom is -0.192 e. The lowest BCUT2D eigenvalue weighted by Crippen LogP contribution is -2.12. The molecule has 0 saturated heterocycles. The fourth-order valence-corrected chi connectivity index (χ4v) is 3.10. The van der Waals surface area contributed by atoms with Crippen LogP contribution >= 0.6 is 0 Å². The summed E-state index contributed by atoms with van der Waals surface area (Å²) in [5.74, 6) is 7.93. The van der Waals surface area contributed by atoms with E-state index in [0.717, 1.165) is 11.5 Å². The zero-order valence-electron chi connectivity index (χ0n) is 13.5. The molecule has 1 saturated carbocycles. The number of allylic oxidation sites excluding steroid dienone is 2. The van der Waals surface area contributed by atoms with E-state index in [0.29, 0.717) is 11.5 Å². The summed E-state index contributed by atoms with van der Waals surface area (Å²) in [6, 6.07) is 9.54. The van der Waals surface area contributed by atoms with E-state index in [-0.39, 0.29) is 0 Å². The Bertz CT molecular complexity index is 569. The molecule has 1 aliphatic rings. The Morgan fingerprint density at radius 2 is 1.77 bits per heavy atom. The molecule has 1 aliphatic carbocycles. The quantitative estimate of drug-likeness (QED) is 0.675. The van der Waals surface area contributed by atoms with Gasteiger partial charge in [0, 0.05) is 5.56 Å². The van der Waals surface area contributed by atoms with Crippen LogP contribution in [0, 0.1) is 35.0 Å². The first-order valence-corrected chi connectivity index (χ1v) is 8.50. The Balaban J connectivity index is 1.77. The van der Waals surface area contributed by atoms with Crippen molar-refractivity contribution in [3.8, 4) is 17.9 Å². The van der Waals surface area contributed by atoms with E-state index in [1.165, 1.54) is 44.9 Å². The minimum atomic E-state index is 0.681. The summed E-state index contributed by atoms with van der Waals surface area (Å²) in [5.41, 5.74) is 1.65. The standard InChI is InChI=1S/C21H25N/c1-2-3-6-18-9-11-19(12-10-18)7-4-5-8-20-13-15-21(17-22)16-14-20/h4,7,13-16,18-19H,2-3,6,9-12H2,1H3/b7-4+/t18-,19-. The lowest BCUT2D eigenvalue weighted by atomic mass is 9.80. The Hall–Kier alpha value is -1.99. The molecule has 1 heteroatoms. The van der Waals surface area contributed by atoms with Crippen LogP contribution in [0.4, 0.5) is 0 Å². The van der Waals surface area contributed by atoms with Crippen molar-refractivity contribution in [3.05, 3.63) is 47.5 Å². The van der Waals surface area contributed by atoms with E-state index in [1.807, 2.05) is 30.3 Å². The molecule has 1 fully saturated rings. The maximum absolute atomic E-state index is 8.76. The van der Waals surface area contributed by atoms with Gasteiger partial charge in [-0.1, -0.05) is 44.1 Å². The molecule has 2 rings (SSSR count). The van der Waals surface area contributed by atoms with Gasteiger partial charge in [-0.3, -0.25) is 0 Å². The third-order valence-electron chi connectivity index (χ3n) is 4.54. The molecule has 0 unspecified atom stereocenters. The Morgan fingerprint density at radius 3 is 2.41 bits per heavy atom. The second-order valence-electron chi connectivity index (χ2n) is 6.24. The molecule has 1 aromatic carbocycles. The zero-order chi connectivity index (χ0) is 15.6. The van der Waals surface area contributed by atoms with E-state index in [1.54, 1.807) is 0 Å². The highest BCUT2D eigenvalue weighted by Gasteiger charge is 2.18. The first-order valence-electron chi connectivity index (χ1n) is 8.50. The first kappa shape index (κ1) is 16.4. The number of nitrogens with zero attached hydrogens (tertiary/aromatic N) is 1. The van der Waals surface area contributed by atoms with Crippen molar-refractivity contribution in [1.29, 1.82) is 5.26 Å². The zero-order valence-corrected chi connectivity index (χ0v) is 13.5. The van der Waals surface area contributed by atoms with Crippen LogP contribution in [-0.4, -0.2) is 0 Å². The number of unbranched alkanes of at least 4 members (excludes halogenated alkanes) is 1. The van der Waals surface area contributed by atoms with Gasteiger partial charge in [0.05, 0.1) is 11.6 Å². The average Bonchev–Trinajstić information content (AvgIpc) is 2.58. The van der Waals surface area contributed by atoms with Crippen LogP contribution in [0.1, 0.15) is 63.0 Å². The van der Waals surface area contributed by atoms with Gasteiger partial charge in [-0.05, 0) is 67.9 Å². The molecule has 0 aromatic heterocycles. The molecule has 0 spiro atoms. The predicted molar refractivity (Wildman–Crippen MR) is 92.1 cm³/mol. The molecule has 1 aromatic rings. The lowest BCUT2D eigenvalue weighted by Gasteiger charge is -2.26. The van der Waals surface area contributed by atoms with Gasteiger partial charge in [0.1, 0.15) is 0 Å². The summed E-state index contributed by atoms with van der Waals surface area (Å²) in [6.07, 6.45) is 13.8. The van der Waals surface area contributed by atoms with Crippen molar-refractivity contribution in [2.45, 2.75) is 51.9 Å². The highest BCUT2D eigenvalue weighted by atomic mass is 14.2. The molecule has 0 N–H and O–H groups in total. The molecule has 0 atom stereocenters. The third kappa shape index (κ3) is 5.42. The van der Waals surface area contributed by atoms with Gasteiger partial charge < -0.3 is 0 Å². The maximum Gasteiger partial charge on any atom is 0.0991 e. The van der Waals surface area contributed by atoms with Gasteiger partial charge >= 0.3 is 0 Å². The second-order valence-corrected chi connectivity index (χ2v) is 6.24. The van der Waals surface area contributed by atoms with Crippen LogP contribution in [0.2, 0.25) is 0 Å². The SMILES string of the molecule is CCCC[C@H]1CC[C@H](/C=C/C#Cc2ccc(C#N)cc2)CC1. The smallest absolute Gasteiger partial charge is 0.0991 e. The second kappa shape index (κ2) is 9.11. The minimum absolute atomic E-state index is 0.681. The highest BCUT2D eigenvalue weighted by molar-refractivity contribution is 5.41. The summed E-state index contributed by atoms with van der Waals surface area (Å²) in [7, 11) is 0. The van der Waals surface area contributed by atoms with Crippen LogP contribution in [0.15, 0.2) is 36.4 Å². The maximum atomic E-state index is 8.76. The largest absolute Gasteiger partial charge is 0.192 e. The number of nitriles is 1. The van der Waals surface area contributed by atoms with Crippen LogP contribution < -0.4 is 0 Å². The molecule has 114 valence electrons. The fourth-order valence-electron chi connectivity index (χ4n) is 3.10. The Morgan fingerprint density at radius 1 is 1.09 bits per heavy atom. The van der Waals surface area contributed by atoms with Crippen LogP contribution in [0.3, 0.4) is 0 Å². The summed E-state index contributed by atoms with van der Waals surface area (Å²) in [4.78, 5) is 0. The van der Waals surface area contributed by atoms with Gasteiger partial charge in [0.15, 0.2) is 0 Å². The van der Waals surface area contributed by atoms with Crippen molar-refractivity contribution in [3.63, 3.8) is 0 Å². The summed E-state index contributed by atoms with van der Waals surface area (Å²) in [6.45, 7) is 2.28. The molecule has 22 heavy (non-hydrogen) atoms. The van der Waals surface area contributed by atoms with Gasteiger partial charge in [-0.25, -0.2) is 0 Å². The van der Waals surface area contributed by atoms with Crippen LogP contribution in [0.25, 0.3) is 0 Å². The number of rotatable bonds is 4.